The molecule has 5 nitrogen and oxygen atoms in total. The Morgan fingerprint density at radius 2 is 1.95 bits per heavy atom. The number of anilines is 2. The molecule has 1 amide bonds. The van der Waals surface area contributed by atoms with E-state index in [9.17, 15) is 4.79 Å². The summed E-state index contributed by atoms with van der Waals surface area (Å²) in [7, 11) is 0. The van der Waals surface area contributed by atoms with Crippen molar-refractivity contribution >= 4 is 17.5 Å². The van der Waals surface area contributed by atoms with Crippen molar-refractivity contribution in [1.29, 1.82) is 0 Å². The number of amides is 1. The summed E-state index contributed by atoms with van der Waals surface area (Å²) in [5, 5.41) is 0. The number of carbonyl (C=O) groups is 1. The third-order valence-electron chi connectivity index (χ3n) is 3.12. The molecule has 2 heterocycles. The van der Waals surface area contributed by atoms with Crippen molar-refractivity contribution in [2.45, 2.75) is 26.4 Å². The summed E-state index contributed by atoms with van der Waals surface area (Å²) in [5.41, 5.74) is 2.23. The van der Waals surface area contributed by atoms with Gasteiger partial charge in [-0.15, -0.1) is 0 Å². The van der Waals surface area contributed by atoms with Crippen LogP contribution in [0.15, 0.2) is 36.2 Å². The van der Waals surface area contributed by atoms with E-state index < -0.39 is 5.60 Å². The molecular weight excluding hydrogens is 256 g/mol. The van der Waals surface area contributed by atoms with Crippen LogP contribution in [0, 0.1) is 0 Å². The summed E-state index contributed by atoms with van der Waals surface area (Å²) >= 11 is 0. The van der Waals surface area contributed by atoms with Gasteiger partial charge < -0.3 is 14.4 Å². The average Bonchev–Trinajstić information content (AvgIpc) is 2.84. The lowest BCUT2D eigenvalue weighted by Gasteiger charge is -2.33. The van der Waals surface area contributed by atoms with Crippen LogP contribution in [0.5, 0.6) is 0 Å². The van der Waals surface area contributed by atoms with E-state index in [4.69, 9.17) is 9.47 Å². The quantitative estimate of drug-likeness (QED) is 0.729. The lowest BCUT2D eigenvalue weighted by atomic mass is 10.2. The van der Waals surface area contributed by atoms with E-state index in [2.05, 4.69) is 4.90 Å². The van der Waals surface area contributed by atoms with Crippen LogP contribution in [0.4, 0.5) is 16.2 Å². The molecule has 0 unspecified atom stereocenters. The fraction of sp³-hybridized carbons (Fsp3) is 0.400. The van der Waals surface area contributed by atoms with Gasteiger partial charge >= 0.3 is 6.09 Å². The van der Waals surface area contributed by atoms with Crippen LogP contribution in [0.25, 0.3) is 0 Å². The Labute approximate surface area is 118 Å². The van der Waals surface area contributed by atoms with Crippen LogP contribution in [-0.4, -0.2) is 25.0 Å². The highest BCUT2D eigenvalue weighted by Crippen LogP contribution is 2.38. The lowest BCUT2D eigenvalue weighted by Crippen LogP contribution is -2.37. The Morgan fingerprint density at radius 3 is 2.65 bits per heavy atom. The van der Waals surface area contributed by atoms with Crippen molar-refractivity contribution in [3.05, 3.63) is 36.2 Å². The second-order valence-electron chi connectivity index (χ2n) is 5.87. The van der Waals surface area contributed by atoms with Gasteiger partial charge in [-0.2, -0.15) is 0 Å². The van der Waals surface area contributed by atoms with Crippen LogP contribution >= 0.6 is 0 Å². The molecule has 0 aromatic heterocycles. The summed E-state index contributed by atoms with van der Waals surface area (Å²) in [6.07, 6.45) is 1.42. The molecule has 20 heavy (non-hydrogen) atoms. The molecule has 1 saturated heterocycles. The molecule has 3 rings (SSSR count). The van der Waals surface area contributed by atoms with E-state index in [0.29, 0.717) is 13.3 Å². The number of rotatable bonds is 0. The van der Waals surface area contributed by atoms with Gasteiger partial charge in [0.1, 0.15) is 12.3 Å². The monoisotopic (exact) mass is 274 g/mol. The van der Waals surface area contributed by atoms with Gasteiger partial charge in [-0.1, -0.05) is 12.1 Å². The normalized spacial score (nSPS) is 17.4. The van der Waals surface area contributed by atoms with Crippen molar-refractivity contribution in [1.82, 2.24) is 0 Å². The van der Waals surface area contributed by atoms with Crippen LogP contribution < -0.4 is 9.80 Å². The number of para-hydroxylation sites is 2. The average molecular weight is 274 g/mol. The van der Waals surface area contributed by atoms with E-state index >= 15 is 0 Å². The standard InChI is InChI=1S/C15H18N2O3/c1-15(2,3)20-14(18)16-8-11-9-19-10-17(11)13-7-5-4-6-12(13)16/h4-8H,9-10H2,1-3H3. The number of hydrogen-bond donors (Lipinski definition) is 0. The minimum atomic E-state index is -0.520. The summed E-state index contributed by atoms with van der Waals surface area (Å²) in [6.45, 7) is 6.61. The number of ether oxygens (including phenoxy) is 2. The molecule has 0 bridgehead atoms. The van der Waals surface area contributed by atoms with Crippen LogP contribution in [0.2, 0.25) is 0 Å². The fourth-order valence-corrected chi connectivity index (χ4v) is 2.31. The second kappa shape index (κ2) is 4.52. The van der Waals surface area contributed by atoms with Crippen LogP contribution in [-0.2, 0) is 9.47 Å². The molecule has 5 heteroatoms. The maximum absolute atomic E-state index is 12.4. The minimum Gasteiger partial charge on any atom is -0.443 e. The summed E-state index contributed by atoms with van der Waals surface area (Å²) in [5.74, 6) is 0. The van der Waals surface area contributed by atoms with Crippen molar-refractivity contribution in [2.24, 2.45) is 0 Å². The summed E-state index contributed by atoms with van der Waals surface area (Å²) in [4.78, 5) is 16.0. The van der Waals surface area contributed by atoms with E-state index in [0.717, 1.165) is 17.1 Å². The largest absolute Gasteiger partial charge is 0.443 e. The van der Waals surface area contributed by atoms with Gasteiger partial charge in [0.15, 0.2) is 0 Å². The Hall–Kier alpha value is -2.01. The van der Waals surface area contributed by atoms with E-state index in [1.165, 1.54) is 0 Å². The van der Waals surface area contributed by atoms with Crippen LogP contribution in [0.1, 0.15) is 20.8 Å². The zero-order chi connectivity index (χ0) is 14.3. The first-order valence-corrected chi connectivity index (χ1v) is 6.63. The SMILES string of the molecule is CC(C)(C)OC(=O)N1C=C2COCN2c2ccccc21. The number of hydrogen-bond acceptors (Lipinski definition) is 4. The van der Waals surface area contributed by atoms with Crippen LogP contribution in [0.3, 0.4) is 0 Å². The van der Waals surface area contributed by atoms with E-state index in [-0.39, 0.29) is 6.09 Å². The van der Waals surface area contributed by atoms with E-state index in [1.807, 2.05) is 45.0 Å². The minimum absolute atomic E-state index is 0.371. The highest BCUT2D eigenvalue weighted by atomic mass is 16.6. The zero-order valence-corrected chi connectivity index (χ0v) is 11.9. The third kappa shape index (κ3) is 2.25. The number of fused-ring (bicyclic) bond motifs is 3. The Kier molecular flexibility index (Phi) is 2.94. The first-order chi connectivity index (χ1) is 9.46. The van der Waals surface area contributed by atoms with Crippen molar-refractivity contribution in [3.63, 3.8) is 0 Å². The predicted molar refractivity (Wildman–Crippen MR) is 76.5 cm³/mol. The van der Waals surface area contributed by atoms with Crippen molar-refractivity contribution in [3.8, 4) is 0 Å². The Bertz CT molecular complexity index is 575. The summed E-state index contributed by atoms with van der Waals surface area (Å²) in [6, 6.07) is 7.75. The van der Waals surface area contributed by atoms with Gasteiger partial charge in [0, 0.05) is 6.20 Å². The Balaban J connectivity index is 1.98. The maximum atomic E-state index is 12.4. The molecule has 106 valence electrons. The molecule has 0 aliphatic carbocycles. The molecule has 0 spiro atoms. The molecule has 2 aliphatic heterocycles. The predicted octanol–water partition coefficient (Wildman–Crippen LogP) is 3.08. The van der Waals surface area contributed by atoms with Crippen molar-refractivity contribution in [2.75, 3.05) is 23.1 Å². The molecule has 1 aromatic carbocycles. The fourth-order valence-electron chi connectivity index (χ4n) is 2.31. The van der Waals surface area contributed by atoms with Gasteiger partial charge in [0.2, 0.25) is 0 Å². The third-order valence-corrected chi connectivity index (χ3v) is 3.12. The molecule has 0 radical (unpaired) electrons. The van der Waals surface area contributed by atoms with Gasteiger partial charge in [-0.25, -0.2) is 9.69 Å². The van der Waals surface area contributed by atoms with Crippen molar-refractivity contribution < 1.29 is 14.3 Å². The van der Waals surface area contributed by atoms with E-state index in [1.54, 1.807) is 11.1 Å². The second-order valence-corrected chi connectivity index (χ2v) is 5.87. The Morgan fingerprint density at radius 1 is 1.25 bits per heavy atom. The van der Waals surface area contributed by atoms with Gasteiger partial charge in [0.05, 0.1) is 23.7 Å². The van der Waals surface area contributed by atoms with Gasteiger partial charge in [0.25, 0.3) is 0 Å². The number of nitrogens with zero attached hydrogens (tertiary/aromatic N) is 2. The number of benzene rings is 1. The van der Waals surface area contributed by atoms with Gasteiger partial charge in [-0.3, -0.25) is 0 Å². The first kappa shape index (κ1) is 13.0. The molecular formula is C15H18N2O3. The smallest absolute Gasteiger partial charge is 0.419 e. The zero-order valence-electron chi connectivity index (χ0n) is 11.9. The topological polar surface area (TPSA) is 42.0 Å². The molecule has 1 aromatic rings. The molecule has 0 atom stereocenters. The maximum Gasteiger partial charge on any atom is 0.419 e. The molecule has 2 aliphatic rings. The highest BCUT2D eigenvalue weighted by Gasteiger charge is 2.32. The molecule has 0 saturated carbocycles. The molecule has 0 N–H and O–H groups in total. The first-order valence-electron chi connectivity index (χ1n) is 6.63. The summed E-state index contributed by atoms with van der Waals surface area (Å²) < 4.78 is 10.9. The van der Waals surface area contributed by atoms with Gasteiger partial charge in [-0.05, 0) is 32.9 Å². The highest BCUT2D eigenvalue weighted by molar-refractivity contribution is 5.96. The number of carbonyl (C=O) groups excluding carboxylic acids is 1. The lowest BCUT2D eigenvalue weighted by molar-refractivity contribution is 0.0596. The molecule has 1 fully saturated rings.